The molecule has 1 saturated heterocycles. The second kappa shape index (κ2) is 12.6. The standard InChI is InChI=1S/C31H37N3O3S2/c1-3-38-31(39-4-2)28-14-9-15-34(28)30(36)24-18-21(20-35)29(19-25(24)32)37-17-16-33-26-12-7-5-10-22(26)23-11-6-8-13-27(23)33/h5-8,10-13,18-19,28,31,35H,3-4,9,14-17,20,32H2,1-2H3/t28-/m0/s1. The van der Waals surface area contributed by atoms with E-state index < -0.39 is 0 Å². The molecule has 1 aliphatic rings. The summed E-state index contributed by atoms with van der Waals surface area (Å²) in [7, 11) is 0. The average Bonchev–Trinajstić information content (AvgIpc) is 3.56. The zero-order valence-corrected chi connectivity index (χ0v) is 24.3. The average molecular weight is 564 g/mol. The van der Waals surface area contributed by atoms with Crippen molar-refractivity contribution in [1.82, 2.24) is 9.47 Å². The monoisotopic (exact) mass is 563 g/mol. The Bertz CT molecular complexity index is 1390. The number of likely N-dealkylation sites (tertiary alicyclic amines) is 1. The van der Waals surface area contributed by atoms with Crippen molar-refractivity contribution in [3.8, 4) is 5.75 Å². The van der Waals surface area contributed by atoms with Gasteiger partial charge in [0.1, 0.15) is 12.4 Å². The minimum absolute atomic E-state index is 0.0556. The number of thioether (sulfide) groups is 2. The van der Waals surface area contributed by atoms with Crippen LogP contribution in [0.15, 0.2) is 60.7 Å². The number of amides is 1. The second-order valence-electron chi connectivity index (χ2n) is 9.73. The number of anilines is 1. The lowest BCUT2D eigenvalue weighted by Crippen LogP contribution is -2.41. The highest BCUT2D eigenvalue weighted by Gasteiger charge is 2.36. The highest BCUT2D eigenvalue weighted by molar-refractivity contribution is 8.17. The number of carbonyl (C=O) groups excluding carboxylic acids is 1. The molecule has 0 radical (unpaired) electrons. The molecule has 1 amide bonds. The van der Waals surface area contributed by atoms with Crippen molar-refractivity contribution in [2.75, 3.05) is 30.4 Å². The molecule has 1 aliphatic heterocycles. The Hall–Kier alpha value is -2.81. The number of hydrogen-bond acceptors (Lipinski definition) is 6. The van der Waals surface area contributed by atoms with Crippen LogP contribution in [0.5, 0.6) is 5.75 Å². The lowest BCUT2D eigenvalue weighted by Gasteiger charge is -2.31. The molecule has 39 heavy (non-hydrogen) atoms. The summed E-state index contributed by atoms with van der Waals surface area (Å²) in [6.07, 6.45) is 2.01. The van der Waals surface area contributed by atoms with E-state index in [2.05, 4.69) is 54.8 Å². The topological polar surface area (TPSA) is 80.7 Å². The van der Waals surface area contributed by atoms with E-state index in [-0.39, 0.29) is 18.6 Å². The molecule has 8 heteroatoms. The number of nitrogens with two attached hydrogens (primary N) is 1. The maximum atomic E-state index is 13.7. The van der Waals surface area contributed by atoms with E-state index in [9.17, 15) is 9.90 Å². The van der Waals surface area contributed by atoms with Gasteiger partial charge in [0.2, 0.25) is 0 Å². The number of aliphatic hydroxyl groups excluding tert-OH is 1. The van der Waals surface area contributed by atoms with E-state index in [1.54, 1.807) is 12.1 Å². The lowest BCUT2D eigenvalue weighted by molar-refractivity contribution is 0.0746. The zero-order chi connectivity index (χ0) is 27.4. The number of hydrogen-bond donors (Lipinski definition) is 2. The summed E-state index contributed by atoms with van der Waals surface area (Å²) in [4.78, 5) is 15.7. The smallest absolute Gasteiger partial charge is 0.256 e. The van der Waals surface area contributed by atoms with Crippen LogP contribution in [0.4, 0.5) is 5.69 Å². The fourth-order valence-corrected chi connectivity index (χ4v) is 8.52. The maximum absolute atomic E-state index is 13.7. The van der Waals surface area contributed by atoms with Gasteiger partial charge in [0, 0.05) is 45.7 Å². The molecule has 0 aliphatic carbocycles. The Morgan fingerprint density at radius 1 is 1.05 bits per heavy atom. The summed E-state index contributed by atoms with van der Waals surface area (Å²) in [6.45, 7) is 5.89. The number of benzene rings is 3. The van der Waals surface area contributed by atoms with E-state index in [1.165, 1.54) is 10.8 Å². The summed E-state index contributed by atoms with van der Waals surface area (Å²) >= 11 is 3.83. The number of aromatic nitrogens is 1. The van der Waals surface area contributed by atoms with Crippen LogP contribution in [0.25, 0.3) is 21.8 Å². The normalized spacial score (nSPS) is 15.6. The molecule has 1 fully saturated rings. The first-order valence-electron chi connectivity index (χ1n) is 13.7. The highest BCUT2D eigenvalue weighted by Crippen LogP contribution is 2.37. The van der Waals surface area contributed by atoms with Crippen LogP contribution in [-0.2, 0) is 13.2 Å². The molecule has 0 bridgehead atoms. The van der Waals surface area contributed by atoms with Crippen LogP contribution in [0.1, 0.15) is 42.6 Å². The SMILES string of the molecule is CCSC(SCC)[C@@H]1CCCN1C(=O)c1cc(CO)c(OCCn2c3ccccc3c3ccccc32)cc1N. The Labute approximate surface area is 238 Å². The van der Waals surface area contributed by atoms with Gasteiger partial charge in [-0.1, -0.05) is 50.2 Å². The van der Waals surface area contributed by atoms with Crippen molar-refractivity contribution in [3.05, 3.63) is 71.8 Å². The number of rotatable bonds is 11. The summed E-state index contributed by atoms with van der Waals surface area (Å²) < 4.78 is 8.79. The van der Waals surface area contributed by atoms with Crippen molar-refractivity contribution in [2.24, 2.45) is 0 Å². The van der Waals surface area contributed by atoms with E-state index in [0.717, 1.165) is 41.9 Å². The minimum Gasteiger partial charge on any atom is -0.491 e. The molecule has 1 aromatic heterocycles. The van der Waals surface area contributed by atoms with Gasteiger partial charge in [-0.25, -0.2) is 0 Å². The third-order valence-electron chi connectivity index (χ3n) is 7.42. The van der Waals surface area contributed by atoms with Gasteiger partial charge in [0.25, 0.3) is 5.91 Å². The van der Waals surface area contributed by atoms with Crippen LogP contribution < -0.4 is 10.5 Å². The zero-order valence-electron chi connectivity index (χ0n) is 22.6. The van der Waals surface area contributed by atoms with Crippen molar-refractivity contribution >= 4 is 56.9 Å². The van der Waals surface area contributed by atoms with E-state index in [0.29, 0.717) is 40.3 Å². The fraction of sp³-hybridized carbons (Fsp3) is 0.387. The van der Waals surface area contributed by atoms with Crippen LogP contribution in [-0.4, -0.2) is 55.8 Å². The number of para-hydroxylation sites is 2. The molecule has 0 saturated carbocycles. The first-order valence-corrected chi connectivity index (χ1v) is 15.8. The molecule has 3 aromatic carbocycles. The molecule has 5 rings (SSSR count). The minimum atomic E-state index is -0.227. The second-order valence-corrected chi connectivity index (χ2v) is 12.9. The summed E-state index contributed by atoms with van der Waals surface area (Å²) in [5.74, 6) is 2.51. The molecule has 0 unspecified atom stereocenters. The van der Waals surface area contributed by atoms with Crippen molar-refractivity contribution in [1.29, 1.82) is 0 Å². The Morgan fingerprint density at radius 3 is 2.31 bits per heavy atom. The van der Waals surface area contributed by atoms with Gasteiger partial charge >= 0.3 is 0 Å². The first kappa shape index (κ1) is 27.7. The summed E-state index contributed by atoms with van der Waals surface area (Å²) in [5.41, 5.74) is 10.2. The largest absolute Gasteiger partial charge is 0.491 e. The van der Waals surface area contributed by atoms with Crippen molar-refractivity contribution in [2.45, 2.75) is 50.5 Å². The predicted octanol–water partition coefficient (Wildman–Crippen LogP) is 6.38. The van der Waals surface area contributed by atoms with Gasteiger partial charge in [-0.05, 0) is 42.5 Å². The van der Waals surface area contributed by atoms with Gasteiger partial charge in [-0.3, -0.25) is 4.79 Å². The fourth-order valence-electron chi connectivity index (χ4n) is 5.66. The molecule has 1 atom stereocenters. The lowest BCUT2D eigenvalue weighted by atomic mass is 10.1. The van der Waals surface area contributed by atoms with Crippen LogP contribution in [0.3, 0.4) is 0 Å². The van der Waals surface area contributed by atoms with Crippen LogP contribution in [0, 0.1) is 0 Å². The van der Waals surface area contributed by atoms with Crippen LogP contribution >= 0.6 is 23.5 Å². The van der Waals surface area contributed by atoms with Crippen molar-refractivity contribution < 1.29 is 14.6 Å². The maximum Gasteiger partial charge on any atom is 0.256 e. The molecule has 6 nitrogen and oxygen atoms in total. The number of carbonyl (C=O) groups is 1. The molecule has 206 valence electrons. The number of nitrogen functional groups attached to an aromatic ring is 1. The van der Waals surface area contributed by atoms with E-state index in [4.69, 9.17) is 10.5 Å². The van der Waals surface area contributed by atoms with Gasteiger partial charge < -0.3 is 25.0 Å². The quantitative estimate of drug-likeness (QED) is 0.163. The predicted molar refractivity (Wildman–Crippen MR) is 166 cm³/mol. The van der Waals surface area contributed by atoms with Gasteiger partial charge in [0.15, 0.2) is 0 Å². The number of aliphatic hydroxyl groups is 1. The van der Waals surface area contributed by atoms with Gasteiger partial charge in [-0.2, -0.15) is 0 Å². The Morgan fingerprint density at radius 2 is 1.69 bits per heavy atom. The molecule has 0 spiro atoms. The molecule has 4 aromatic rings. The molecular weight excluding hydrogens is 526 g/mol. The highest BCUT2D eigenvalue weighted by atomic mass is 32.2. The first-order chi connectivity index (χ1) is 19.1. The number of ether oxygens (including phenoxy) is 1. The number of fused-ring (bicyclic) bond motifs is 3. The van der Waals surface area contributed by atoms with E-state index in [1.807, 2.05) is 40.6 Å². The molecule has 3 N–H and O–H groups in total. The molecule has 2 heterocycles. The Kier molecular flexibility index (Phi) is 8.95. The summed E-state index contributed by atoms with van der Waals surface area (Å²) in [6, 6.07) is 20.4. The summed E-state index contributed by atoms with van der Waals surface area (Å²) in [5, 5.41) is 12.6. The number of nitrogens with zero attached hydrogens (tertiary/aromatic N) is 2. The van der Waals surface area contributed by atoms with E-state index >= 15 is 0 Å². The van der Waals surface area contributed by atoms with Gasteiger partial charge in [-0.15, -0.1) is 23.5 Å². The van der Waals surface area contributed by atoms with Crippen molar-refractivity contribution in [3.63, 3.8) is 0 Å². The third kappa shape index (κ3) is 5.60. The third-order valence-corrected chi connectivity index (χ3v) is 10.2. The molecular formula is C31H37N3O3S2. The Balaban J connectivity index is 1.34. The van der Waals surface area contributed by atoms with Gasteiger partial charge in [0.05, 0.1) is 29.3 Å². The van der Waals surface area contributed by atoms with Crippen LogP contribution in [0.2, 0.25) is 0 Å².